The standard InChI is InChI=1S/C32H30N2O6/c1-37-27-13-12-20(15-29(27)39-22-8-3-4-9-22)28-18-26(36)32-25(35)16-23(17-30(32)40-28)38-14-6-11-31-33-19-21-7-2-5-10-24(21)34-31/h2,5,7,10,12-13,15-19,22,35H,3-4,6,8-9,11,14H2,1H3. The fraction of sp³-hybridized carbons (Fsp3) is 0.281. The molecule has 0 unspecified atom stereocenters. The number of hydrogen-bond donors (Lipinski definition) is 1. The zero-order valence-corrected chi connectivity index (χ0v) is 22.3. The quantitative estimate of drug-likeness (QED) is 0.214. The molecule has 6 rings (SSSR count). The molecule has 3 aromatic carbocycles. The molecule has 0 bridgehead atoms. The summed E-state index contributed by atoms with van der Waals surface area (Å²) in [6.07, 6.45) is 7.62. The van der Waals surface area contributed by atoms with E-state index in [9.17, 15) is 9.90 Å². The van der Waals surface area contributed by atoms with Gasteiger partial charge in [0.25, 0.3) is 0 Å². The topological polar surface area (TPSA) is 104 Å². The van der Waals surface area contributed by atoms with Gasteiger partial charge in [-0.3, -0.25) is 4.79 Å². The van der Waals surface area contributed by atoms with Gasteiger partial charge in [-0.05, 0) is 56.4 Å². The minimum atomic E-state index is -0.345. The predicted molar refractivity (Wildman–Crippen MR) is 152 cm³/mol. The number of aryl methyl sites for hydroxylation is 1. The molecule has 8 nitrogen and oxygen atoms in total. The molecule has 0 atom stereocenters. The lowest BCUT2D eigenvalue weighted by Gasteiger charge is -2.17. The largest absolute Gasteiger partial charge is 0.507 e. The van der Waals surface area contributed by atoms with Crippen LogP contribution >= 0.6 is 0 Å². The van der Waals surface area contributed by atoms with Gasteiger partial charge in [-0.2, -0.15) is 0 Å². The molecule has 1 N–H and O–H groups in total. The molecule has 0 saturated heterocycles. The van der Waals surface area contributed by atoms with Crippen molar-refractivity contribution < 1.29 is 23.7 Å². The van der Waals surface area contributed by atoms with Gasteiger partial charge in [-0.1, -0.05) is 18.2 Å². The summed E-state index contributed by atoms with van der Waals surface area (Å²) in [6.45, 7) is 0.380. The molecule has 204 valence electrons. The number of aromatic hydroxyl groups is 1. The molecule has 2 heterocycles. The van der Waals surface area contributed by atoms with E-state index in [1.807, 2.05) is 42.6 Å². The number of methoxy groups -OCH3 is 1. The van der Waals surface area contributed by atoms with Gasteiger partial charge in [0.05, 0.1) is 25.3 Å². The number of phenols is 1. The molecule has 5 aromatic rings. The highest BCUT2D eigenvalue weighted by Crippen LogP contribution is 2.37. The Morgan fingerprint density at radius 3 is 2.73 bits per heavy atom. The number of aromatic nitrogens is 2. The van der Waals surface area contributed by atoms with Crippen LogP contribution in [-0.2, 0) is 6.42 Å². The maximum atomic E-state index is 13.0. The fourth-order valence-electron chi connectivity index (χ4n) is 5.13. The first kappa shape index (κ1) is 25.7. The molecule has 8 heteroatoms. The molecular weight excluding hydrogens is 508 g/mol. The van der Waals surface area contributed by atoms with E-state index in [0.29, 0.717) is 48.0 Å². The Balaban J connectivity index is 1.20. The second kappa shape index (κ2) is 11.3. The number of rotatable bonds is 9. The highest BCUT2D eigenvalue weighted by atomic mass is 16.5. The summed E-state index contributed by atoms with van der Waals surface area (Å²) in [5.41, 5.74) is 1.48. The first-order chi connectivity index (χ1) is 19.6. The Morgan fingerprint density at radius 2 is 1.88 bits per heavy atom. The summed E-state index contributed by atoms with van der Waals surface area (Å²) >= 11 is 0. The summed E-state index contributed by atoms with van der Waals surface area (Å²) < 4.78 is 23.7. The lowest BCUT2D eigenvalue weighted by Crippen LogP contribution is -2.11. The predicted octanol–water partition coefficient (Wildman–Crippen LogP) is 6.45. The highest BCUT2D eigenvalue weighted by molar-refractivity contribution is 5.86. The van der Waals surface area contributed by atoms with Crippen LogP contribution in [0, 0.1) is 0 Å². The third-order valence-electron chi connectivity index (χ3n) is 7.18. The van der Waals surface area contributed by atoms with Crippen LogP contribution in [0.5, 0.6) is 23.0 Å². The minimum Gasteiger partial charge on any atom is -0.507 e. The lowest BCUT2D eigenvalue weighted by atomic mass is 10.1. The zero-order valence-electron chi connectivity index (χ0n) is 22.3. The van der Waals surface area contributed by atoms with Crippen LogP contribution in [-0.4, -0.2) is 34.9 Å². The Hall–Kier alpha value is -4.59. The van der Waals surface area contributed by atoms with Crippen molar-refractivity contribution in [3.8, 4) is 34.3 Å². The SMILES string of the molecule is COc1ccc(-c2cc(=O)c3c(O)cc(OCCCc4ncc5ccccc5n4)cc3o2)cc1OC1CCCC1. The average Bonchev–Trinajstić information content (AvgIpc) is 3.48. The number of para-hydroxylation sites is 1. The van der Waals surface area contributed by atoms with Crippen LogP contribution < -0.4 is 19.6 Å². The minimum absolute atomic E-state index is 0.108. The van der Waals surface area contributed by atoms with E-state index in [4.69, 9.17) is 18.6 Å². The smallest absolute Gasteiger partial charge is 0.197 e. The van der Waals surface area contributed by atoms with Gasteiger partial charge < -0.3 is 23.7 Å². The van der Waals surface area contributed by atoms with Crippen LogP contribution in [0.1, 0.15) is 37.9 Å². The Kier molecular flexibility index (Phi) is 7.23. The fourth-order valence-corrected chi connectivity index (χ4v) is 5.13. The zero-order chi connectivity index (χ0) is 27.5. The Bertz CT molecular complexity index is 1720. The number of phenolic OH excluding ortho intramolecular Hbond substituents is 1. The van der Waals surface area contributed by atoms with Crippen LogP contribution in [0.2, 0.25) is 0 Å². The summed E-state index contributed by atoms with van der Waals surface area (Å²) in [6, 6.07) is 17.8. The van der Waals surface area contributed by atoms with Crippen LogP contribution in [0.3, 0.4) is 0 Å². The van der Waals surface area contributed by atoms with Crippen molar-refractivity contribution in [1.29, 1.82) is 0 Å². The monoisotopic (exact) mass is 538 g/mol. The van der Waals surface area contributed by atoms with Crippen molar-refractivity contribution in [3.63, 3.8) is 0 Å². The molecule has 1 fully saturated rings. The van der Waals surface area contributed by atoms with Gasteiger partial charge >= 0.3 is 0 Å². The van der Waals surface area contributed by atoms with Gasteiger partial charge in [-0.15, -0.1) is 0 Å². The molecule has 0 amide bonds. The van der Waals surface area contributed by atoms with Gasteiger partial charge in [-0.25, -0.2) is 9.97 Å². The van der Waals surface area contributed by atoms with Crippen LogP contribution in [0.4, 0.5) is 0 Å². The number of benzene rings is 3. The normalized spacial score (nSPS) is 13.6. The Morgan fingerprint density at radius 1 is 1.02 bits per heavy atom. The van der Waals surface area contributed by atoms with E-state index in [2.05, 4.69) is 9.97 Å². The van der Waals surface area contributed by atoms with E-state index in [1.54, 1.807) is 19.2 Å². The molecular formula is C32H30N2O6. The summed E-state index contributed by atoms with van der Waals surface area (Å²) in [4.78, 5) is 22.0. The van der Waals surface area contributed by atoms with Crippen molar-refractivity contribution in [2.45, 2.75) is 44.6 Å². The maximum Gasteiger partial charge on any atom is 0.197 e. The van der Waals surface area contributed by atoms with Crippen molar-refractivity contribution >= 4 is 21.9 Å². The van der Waals surface area contributed by atoms with Crippen molar-refractivity contribution in [2.75, 3.05) is 13.7 Å². The Labute approximate surface area is 231 Å². The van der Waals surface area contributed by atoms with Crippen LogP contribution in [0.15, 0.2) is 76.1 Å². The third kappa shape index (κ3) is 5.43. The van der Waals surface area contributed by atoms with Crippen molar-refractivity contribution in [1.82, 2.24) is 9.97 Å². The number of hydrogen-bond acceptors (Lipinski definition) is 8. The van der Waals surface area contributed by atoms with Gasteiger partial charge in [0.2, 0.25) is 0 Å². The number of ether oxygens (including phenoxy) is 3. The summed E-state index contributed by atoms with van der Waals surface area (Å²) in [5.74, 6) is 2.57. The molecule has 1 aliphatic rings. The average molecular weight is 539 g/mol. The molecule has 0 aliphatic heterocycles. The van der Waals surface area contributed by atoms with Gasteiger partial charge in [0, 0.05) is 41.8 Å². The van der Waals surface area contributed by atoms with Crippen molar-refractivity contribution in [3.05, 3.63) is 82.9 Å². The van der Waals surface area contributed by atoms with Crippen molar-refractivity contribution in [2.24, 2.45) is 0 Å². The summed E-state index contributed by atoms with van der Waals surface area (Å²) in [5, 5.41) is 11.7. The first-order valence-corrected chi connectivity index (χ1v) is 13.6. The second-order valence-corrected chi connectivity index (χ2v) is 9.98. The molecule has 2 aromatic heterocycles. The number of fused-ring (bicyclic) bond motifs is 2. The molecule has 40 heavy (non-hydrogen) atoms. The van der Waals surface area contributed by atoms with Crippen LogP contribution in [0.25, 0.3) is 33.2 Å². The van der Waals surface area contributed by atoms with E-state index in [0.717, 1.165) is 42.4 Å². The van der Waals surface area contributed by atoms with E-state index < -0.39 is 0 Å². The number of nitrogens with zero attached hydrogens (tertiary/aromatic N) is 2. The van der Waals surface area contributed by atoms with E-state index in [1.165, 1.54) is 12.1 Å². The van der Waals surface area contributed by atoms with Gasteiger partial charge in [0.15, 0.2) is 16.9 Å². The lowest BCUT2D eigenvalue weighted by molar-refractivity contribution is 0.201. The molecule has 0 spiro atoms. The van der Waals surface area contributed by atoms with E-state index in [-0.39, 0.29) is 28.3 Å². The molecule has 0 radical (unpaired) electrons. The third-order valence-corrected chi connectivity index (χ3v) is 7.18. The first-order valence-electron chi connectivity index (χ1n) is 13.6. The highest BCUT2D eigenvalue weighted by Gasteiger charge is 2.20. The molecule has 1 aliphatic carbocycles. The second-order valence-electron chi connectivity index (χ2n) is 9.98. The summed E-state index contributed by atoms with van der Waals surface area (Å²) in [7, 11) is 1.60. The van der Waals surface area contributed by atoms with Gasteiger partial charge in [0.1, 0.15) is 34.1 Å². The molecule has 1 saturated carbocycles. The van der Waals surface area contributed by atoms with E-state index >= 15 is 0 Å². The maximum absolute atomic E-state index is 13.0.